The minimum Gasteiger partial charge on any atom is -0.286 e. The summed E-state index contributed by atoms with van der Waals surface area (Å²) in [5.74, 6) is 0. The summed E-state index contributed by atoms with van der Waals surface area (Å²) in [7, 11) is 0. The van der Waals surface area contributed by atoms with Crippen LogP contribution < -0.4 is 0 Å². The Kier molecular flexibility index (Phi) is 5.61. The summed E-state index contributed by atoms with van der Waals surface area (Å²) in [6.45, 7) is 1.70. The van der Waals surface area contributed by atoms with E-state index in [2.05, 4.69) is 32.0 Å². The largest absolute Gasteiger partial charge is 0.286 e. The van der Waals surface area contributed by atoms with Crippen LogP contribution in [-0.2, 0) is 19.6 Å². The molecule has 0 spiro atoms. The molecule has 3 heterocycles. The van der Waals surface area contributed by atoms with Gasteiger partial charge in [0.2, 0.25) is 0 Å². The fourth-order valence-corrected chi connectivity index (χ4v) is 2.61. The number of rotatable bonds is 6. The highest BCUT2D eigenvalue weighted by molar-refractivity contribution is 5.23. The van der Waals surface area contributed by atoms with Gasteiger partial charge in [-0.15, -0.1) is 0 Å². The number of nitrogens with zero attached hydrogens (tertiary/aromatic N) is 6. The predicted octanol–water partition coefficient (Wildman–Crippen LogP) is 2.82. The third-order valence-electron chi connectivity index (χ3n) is 3.73. The molecule has 0 N–H and O–H groups in total. The lowest BCUT2D eigenvalue weighted by Crippen LogP contribution is -2.24. The Balaban J connectivity index is 1.83. The molecule has 0 unspecified atom stereocenters. The topological polar surface area (TPSA) is 89.5 Å². The summed E-state index contributed by atoms with van der Waals surface area (Å²) in [4.78, 5) is 15.2. The van der Waals surface area contributed by atoms with Crippen molar-refractivity contribution in [2.24, 2.45) is 0 Å². The van der Waals surface area contributed by atoms with Crippen LogP contribution in [0, 0.1) is 22.7 Å². The Hall–Kier alpha value is -3.61. The molecule has 0 radical (unpaired) electrons. The van der Waals surface area contributed by atoms with E-state index in [1.807, 2.05) is 42.5 Å². The van der Waals surface area contributed by atoms with Gasteiger partial charge in [-0.1, -0.05) is 18.2 Å². The van der Waals surface area contributed by atoms with E-state index in [9.17, 15) is 0 Å². The summed E-state index contributed by atoms with van der Waals surface area (Å²) in [6.07, 6.45) is 1.76. The number of pyridine rings is 3. The van der Waals surface area contributed by atoms with Crippen molar-refractivity contribution in [1.82, 2.24) is 19.9 Å². The predicted molar refractivity (Wildman–Crippen MR) is 95.1 cm³/mol. The third kappa shape index (κ3) is 4.70. The molecule has 3 rings (SSSR count). The van der Waals surface area contributed by atoms with Crippen LogP contribution in [0.1, 0.15) is 28.5 Å². The Bertz CT molecular complexity index is 896. The van der Waals surface area contributed by atoms with Crippen LogP contribution in [0.2, 0.25) is 0 Å². The van der Waals surface area contributed by atoms with E-state index in [0.717, 1.165) is 17.1 Å². The van der Waals surface area contributed by atoms with Crippen LogP contribution in [-0.4, -0.2) is 19.9 Å². The molecule has 0 aliphatic rings. The molecular formula is C20H16N6. The van der Waals surface area contributed by atoms with Gasteiger partial charge in [0.05, 0.1) is 17.1 Å². The van der Waals surface area contributed by atoms with Gasteiger partial charge in [-0.05, 0) is 36.4 Å². The zero-order valence-corrected chi connectivity index (χ0v) is 14.1. The van der Waals surface area contributed by atoms with Crippen molar-refractivity contribution in [3.8, 4) is 12.1 Å². The van der Waals surface area contributed by atoms with Crippen molar-refractivity contribution in [2.45, 2.75) is 19.6 Å². The maximum atomic E-state index is 9.05. The SMILES string of the molecule is N#Cc1cccc(CN(Cc2ccccn2)Cc2cccc(C#N)n2)n1. The molecule has 3 aromatic heterocycles. The molecule has 0 aliphatic carbocycles. The standard InChI is InChI=1S/C20H16N6/c21-11-16-6-3-8-19(24-16)14-26(13-18-5-1-2-10-23-18)15-20-9-4-7-17(12-22)25-20/h1-10H,13-15H2. The van der Waals surface area contributed by atoms with E-state index < -0.39 is 0 Å². The zero-order chi connectivity index (χ0) is 18.2. The summed E-state index contributed by atoms with van der Waals surface area (Å²) >= 11 is 0. The molecular weight excluding hydrogens is 324 g/mol. The smallest absolute Gasteiger partial charge is 0.140 e. The molecule has 0 aromatic carbocycles. The average molecular weight is 340 g/mol. The van der Waals surface area contributed by atoms with Gasteiger partial charge in [0, 0.05) is 25.8 Å². The molecule has 0 atom stereocenters. The molecule has 0 bridgehead atoms. The first-order chi connectivity index (χ1) is 12.8. The average Bonchev–Trinajstić information content (AvgIpc) is 2.69. The fraction of sp³-hybridized carbons (Fsp3) is 0.150. The molecule has 0 saturated carbocycles. The zero-order valence-electron chi connectivity index (χ0n) is 14.1. The molecule has 0 amide bonds. The molecule has 0 aliphatic heterocycles. The second-order valence-electron chi connectivity index (χ2n) is 5.72. The fourth-order valence-electron chi connectivity index (χ4n) is 2.61. The minimum atomic E-state index is 0.393. The van der Waals surface area contributed by atoms with Gasteiger partial charge in [0.1, 0.15) is 23.5 Å². The summed E-state index contributed by atoms with van der Waals surface area (Å²) < 4.78 is 0. The van der Waals surface area contributed by atoms with Gasteiger partial charge in [-0.25, -0.2) is 9.97 Å². The van der Waals surface area contributed by atoms with Gasteiger partial charge in [-0.2, -0.15) is 10.5 Å². The first-order valence-electron chi connectivity index (χ1n) is 8.11. The number of hydrogen-bond acceptors (Lipinski definition) is 6. The van der Waals surface area contributed by atoms with Gasteiger partial charge in [0.15, 0.2) is 0 Å². The second-order valence-corrected chi connectivity index (χ2v) is 5.72. The first-order valence-corrected chi connectivity index (χ1v) is 8.11. The molecule has 126 valence electrons. The lowest BCUT2D eigenvalue weighted by atomic mass is 10.2. The molecule has 6 nitrogen and oxygen atoms in total. The molecule has 6 heteroatoms. The summed E-state index contributed by atoms with van der Waals surface area (Å²) in [5, 5.41) is 18.1. The number of nitriles is 2. The van der Waals surface area contributed by atoms with Crippen LogP contribution >= 0.6 is 0 Å². The van der Waals surface area contributed by atoms with Crippen molar-refractivity contribution in [3.05, 3.63) is 89.3 Å². The lowest BCUT2D eigenvalue weighted by Gasteiger charge is -2.21. The normalized spacial score (nSPS) is 10.3. The van der Waals surface area contributed by atoms with Crippen LogP contribution in [0.5, 0.6) is 0 Å². The van der Waals surface area contributed by atoms with Crippen molar-refractivity contribution in [3.63, 3.8) is 0 Å². The molecule has 0 fully saturated rings. The Morgan fingerprint density at radius 1 is 0.692 bits per heavy atom. The number of aromatic nitrogens is 3. The van der Waals surface area contributed by atoms with E-state index in [0.29, 0.717) is 31.0 Å². The third-order valence-corrected chi connectivity index (χ3v) is 3.73. The second kappa shape index (κ2) is 8.48. The Morgan fingerprint density at radius 2 is 1.23 bits per heavy atom. The van der Waals surface area contributed by atoms with Crippen LogP contribution in [0.15, 0.2) is 60.8 Å². The van der Waals surface area contributed by atoms with Crippen molar-refractivity contribution in [2.75, 3.05) is 0 Å². The van der Waals surface area contributed by atoms with Crippen LogP contribution in [0.3, 0.4) is 0 Å². The van der Waals surface area contributed by atoms with E-state index in [1.165, 1.54) is 0 Å². The van der Waals surface area contributed by atoms with Gasteiger partial charge in [0.25, 0.3) is 0 Å². The monoisotopic (exact) mass is 340 g/mol. The van der Waals surface area contributed by atoms with E-state index in [1.54, 1.807) is 18.3 Å². The van der Waals surface area contributed by atoms with Crippen LogP contribution in [0.25, 0.3) is 0 Å². The molecule has 3 aromatic rings. The van der Waals surface area contributed by atoms with Crippen molar-refractivity contribution in [1.29, 1.82) is 10.5 Å². The highest BCUT2D eigenvalue weighted by atomic mass is 15.1. The van der Waals surface area contributed by atoms with Gasteiger partial charge >= 0.3 is 0 Å². The van der Waals surface area contributed by atoms with Crippen molar-refractivity contribution >= 4 is 0 Å². The van der Waals surface area contributed by atoms with Gasteiger partial charge < -0.3 is 0 Å². The van der Waals surface area contributed by atoms with E-state index >= 15 is 0 Å². The maximum absolute atomic E-state index is 9.05. The Morgan fingerprint density at radius 3 is 1.73 bits per heavy atom. The highest BCUT2D eigenvalue weighted by Crippen LogP contribution is 2.12. The molecule has 26 heavy (non-hydrogen) atoms. The first kappa shape index (κ1) is 17.2. The van der Waals surface area contributed by atoms with Crippen molar-refractivity contribution < 1.29 is 0 Å². The minimum absolute atomic E-state index is 0.393. The number of hydrogen-bond donors (Lipinski definition) is 0. The van der Waals surface area contributed by atoms with E-state index in [-0.39, 0.29) is 0 Å². The lowest BCUT2D eigenvalue weighted by molar-refractivity contribution is 0.238. The maximum Gasteiger partial charge on any atom is 0.140 e. The molecule has 0 saturated heterocycles. The van der Waals surface area contributed by atoms with Crippen LogP contribution in [0.4, 0.5) is 0 Å². The van der Waals surface area contributed by atoms with E-state index in [4.69, 9.17) is 10.5 Å². The summed E-state index contributed by atoms with van der Waals surface area (Å²) in [5.41, 5.74) is 3.32. The quantitative estimate of drug-likeness (QED) is 0.685. The summed E-state index contributed by atoms with van der Waals surface area (Å²) in [6, 6.07) is 20.7. The Labute approximate surface area is 152 Å². The van der Waals surface area contributed by atoms with Gasteiger partial charge in [-0.3, -0.25) is 9.88 Å². The highest BCUT2D eigenvalue weighted by Gasteiger charge is 2.11.